The van der Waals surface area contributed by atoms with E-state index < -0.39 is 23.1 Å². The minimum atomic E-state index is -1.04. The summed E-state index contributed by atoms with van der Waals surface area (Å²) < 4.78 is 28.7. The molecule has 0 aliphatic rings. The van der Waals surface area contributed by atoms with Gasteiger partial charge in [0, 0.05) is 19.8 Å². The van der Waals surface area contributed by atoms with Gasteiger partial charge < -0.3 is 11.1 Å². The summed E-state index contributed by atoms with van der Waals surface area (Å²) in [4.78, 5) is 11.8. The van der Waals surface area contributed by atoms with E-state index in [-0.39, 0.29) is 12.2 Å². The number of hydrogen-bond acceptors (Lipinski definition) is 3. The van der Waals surface area contributed by atoms with Crippen LogP contribution in [0.5, 0.6) is 0 Å². The van der Waals surface area contributed by atoms with Crippen molar-refractivity contribution in [3.8, 4) is 0 Å². The number of anilines is 1. The number of carbonyl (C=O) groups is 1. The Morgan fingerprint density at radius 1 is 1.45 bits per heavy atom. The quantitative estimate of drug-likeness (QED) is 0.828. The second-order valence-electron chi connectivity index (χ2n) is 4.35. The van der Waals surface area contributed by atoms with Crippen LogP contribution in [0.1, 0.15) is 15.9 Å². The van der Waals surface area contributed by atoms with Crippen molar-refractivity contribution in [2.75, 3.05) is 12.3 Å². The zero-order valence-electron chi connectivity index (χ0n) is 10.9. The highest BCUT2D eigenvalue weighted by Crippen LogP contribution is 2.18. The van der Waals surface area contributed by atoms with Crippen LogP contribution in [0.15, 0.2) is 24.5 Å². The van der Waals surface area contributed by atoms with E-state index in [2.05, 4.69) is 10.4 Å². The number of nitrogen functional groups attached to an aromatic ring is 1. The third-order valence-corrected chi connectivity index (χ3v) is 2.81. The normalized spacial score (nSPS) is 10.6. The van der Waals surface area contributed by atoms with Crippen molar-refractivity contribution in [1.82, 2.24) is 15.1 Å². The second-order valence-corrected chi connectivity index (χ2v) is 4.35. The topological polar surface area (TPSA) is 72.9 Å². The summed E-state index contributed by atoms with van der Waals surface area (Å²) in [7, 11) is 1.78. The fraction of sp³-hybridized carbons (Fsp3) is 0.231. The largest absolute Gasteiger partial charge is 0.396 e. The fourth-order valence-electron chi connectivity index (χ4n) is 1.79. The van der Waals surface area contributed by atoms with E-state index in [1.807, 2.05) is 0 Å². The smallest absolute Gasteiger partial charge is 0.257 e. The number of hydrogen-bond donors (Lipinski definition) is 2. The molecule has 0 saturated heterocycles. The van der Waals surface area contributed by atoms with Crippen LogP contribution in [0.4, 0.5) is 14.5 Å². The Bertz CT molecular complexity index is 639. The first-order chi connectivity index (χ1) is 9.49. The minimum Gasteiger partial charge on any atom is -0.396 e. The molecule has 2 rings (SSSR count). The number of benzene rings is 1. The average Bonchev–Trinajstić information content (AvgIpc) is 2.80. The lowest BCUT2D eigenvalue weighted by Crippen LogP contribution is -2.27. The summed E-state index contributed by atoms with van der Waals surface area (Å²) >= 11 is 0. The summed E-state index contributed by atoms with van der Waals surface area (Å²) in [5.74, 6) is -2.80. The summed E-state index contributed by atoms with van der Waals surface area (Å²) in [6.07, 6.45) is 3.98. The van der Waals surface area contributed by atoms with Gasteiger partial charge in [-0.15, -0.1) is 0 Å². The van der Waals surface area contributed by atoms with E-state index in [0.717, 1.165) is 17.7 Å². The van der Waals surface area contributed by atoms with E-state index in [1.54, 1.807) is 24.1 Å². The average molecular weight is 280 g/mol. The lowest BCUT2D eigenvalue weighted by molar-refractivity contribution is 0.0946. The second kappa shape index (κ2) is 5.68. The van der Waals surface area contributed by atoms with Gasteiger partial charge in [0.15, 0.2) is 5.82 Å². The molecular formula is C13H14F2N4O. The maximum atomic E-state index is 13.6. The van der Waals surface area contributed by atoms with E-state index in [1.165, 1.54) is 0 Å². The van der Waals surface area contributed by atoms with Crippen molar-refractivity contribution in [1.29, 1.82) is 0 Å². The van der Waals surface area contributed by atoms with Crippen molar-refractivity contribution in [3.63, 3.8) is 0 Å². The first-order valence-corrected chi connectivity index (χ1v) is 5.98. The number of aryl methyl sites for hydroxylation is 1. The molecule has 1 amide bonds. The molecule has 5 nitrogen and oxygen atoms in total. The molecule has 0 spiro atoms. The molecule has 1 aromatic heterocycles. The number of amides is 1. The van der Waals surface area contributed by atoms with Crippen molar-refractivity contribution in [2.24, 2.45) is 7.05 Å². The number of nitrogens with two attached hydrogens (primary N) is 1. The van der Waals surface area contributed by atoms with E-state index in [0.29, 0.717) is 6.42 Å². The standard InChI is InChI=1S/C13H14F2N4O/c1-19-7-8(6-18-19)4-5-17-13(20)11-9(14)2-3-10(16)12(11)15/h2-3,6-7H,4-5,16H2,1H3,(H,17,20). The van der Waals surface area contributed by atoms with Gasteiger partial charge in [-0.05, 0) is 24.1 Å². The number of halogens is 2. The number of carbonyl (C=O) groups excluding carboxylic acids is 1. The highest BCUT2D eigenvalue weighted by molar-refractivity contribution is 5.95. The molecule has 0 atom stereocenters. The zero-order valence-corrected chi connectivity index (χ0v) is 10.9. The molecule has 1 aromatic carbocycles. The van der Waals surface area contributed by atoms with Gasteiger partial charge in [-0.25, -0.2) is 8.78 Å². The third-order valence-electron chi connectivity index (χ3n) is 2.81. The first-order valence-electron chi connectivity index (χ1n) is 5.98. The van der Waals surface area contributed by atoms with Crippen LogP contribution in [0.3, 0.4) is 0 Å². The van der Waals surface area contributed by atoms with Crippen molar-refractivity contribution < 1.29 is 13.6 Å². The summed E-state index contributed by atoms with van der Waals surface area (Å²) in [5, 5.41) is 6.43. The Labute approximate surface area is 114 Å². The first kappa shape index (κ1) is 14.0. The molecule has 0 saturated carbocycles. The van der Waals surface area contributed by atoms with Crippen LogP contribution >= 0.6 is 0 Å². The molecule has 0 unspecified atom stereocenters. The number of nitrogens with zero attached hydrogens (tertiary/aromatic N) is 2. The van der Waals surface area contributed by atoms with Crippen LogP contribution in [0, 0.1) is 11.6 Å². The lowest BCUT2D eigenvalue weighted by atomic mass is 10.1. The molecule has 2 aromatic rings. The molecule has 1 heterocycles. The molecule has 0 fully saturated rings. The Kier molecular flexibility index (Phi) is 3.97. The Balaban J connectivity index is 2.00. The van der Waals surface area contributed by atoms with Crippen LogP contribution in [0.25, 0.3) is 0 Å². The Hall–Kier alpha value is -2.44. The van der Waals surface area contributed by atoms with Gasteiger partial charge in [0.2, 0.25) is 0 Å². The predicted octanol–water partition coefficient (Wildman–Crippen LogP) is 1.25. The molecule has 3 N–H and O–H groups in total. The van der Waals surface area contributed by atoms with Gasteiger partial charge in [0.05, 0.1) is 11.9 Å². The van der Waals surface area contributed by atoms with Gasteiger partial charge in [0.25, 0.3) is 5.91 Å². The fourth-order valence-corrected chi connectivity index (χ4v) is 1.79. The van der Waals surface area contributed by atoms with Gasteiger partial charge in [0.1, 0.15) is 11.4 Å². The lowest BCUT2D eigenvalue weighted by Gasteiger charge is -2.08. The molecular weight excluding hydrogens is 266 g/mol. The Morgan fingerprint density at radius 2 is 2.20 bits per heavy atom. The predicted molar refractivity (Wildman–Crippen MR) is 70.0 cm³/mol. The molecule has 0 aliphatic carbocycles. The van der Waals surface area contributed by atoms with Crippen LogP contribution in [0.2, 0.25) is 0 Å². The van der Waals surface area contributed by atoms with Crippen LogP contribution < -0.4 is 11.1 Å². The monoisotopic (exact) mass is 280 g/mol. The van der Waals surface area contributed by atoms with Crippen LogP contribution in [-0.4, -0.2) is 22.2 Å². The highest BCUT2D eigenvalue weighted by Gasteiger charge is 2.19. The zero-order chi connectivity index (χ0) is 14.7. The van der Waals surface area contributed by atoms with Gasteiger partial charge in [-0.1, -0.05) is 0 Å². The Morgan fingerprint density at radius 3 is 2.85 bits per heavy atom. The number of aromatic nitrogens is 2. The number of rotatable bonds is 4. The van der Waals surface area contributed by atoms with E-state index >= 15 is 0 Å². The highest BCUT2D eigenvalue weighted by atomic mass is 19.1. The maximum Gasteiger partial charge on any atom is 0.257 e. The molecule has 0 bridgehead atoms. The van der Waals surface area contributed by atoms with E-state index in [9.17, 15) is 13.6 Å². The van der Waals surface area contributed by atoms with Gasteiger partial charge in [-0.3, -0.25) is 9.48 Å². The summed E-state index contributed by atoms with van der Waals surface area (Å²) in [6.45, 7) is 0.248. The molecule has 106 valence electrons. The molecule has 7 heteroatoms. The number of nitrogens with one attached hydrogen (secondary N) is 1. The van der Waals surface area contributed by atoms with E-state index in [4.69, 9.17) is 5.73 Å². The van der Waals surface area contributed by atoms with Gasteiger partial charge >= 0.3 is 0 Å². The minimum absolute atomic E-state index is 0.248. The maximum absolute atomic E-state index is 13.6. The molecule has 0 aliphatic heterocycles. The van der Waals surface area contributed by atoms with Crippen LogP contribution in [-0.2, 0) is 13.5 Å². The van der Waals surface area contributed by atoms with Crippen molar-refractivity contribution in [2.45, 2.75) is 6.42 Å². The SMILES string of the molecule is Cn1cc(CCNC(=O)c2c(F)ccc(N)c2F)cn1. The van der Waals surface area contributed by atoms with Gasteiger partial charge in [-0.2, -0.15) is 5.10 Å². The van der Waals surface area contributed by atoms with Crippen molar-refractivity contribution in [3.05, 3.63) is 47.3 Å². The van der Waals surface area contributed by atoms with Crippen molar-refractivity contribution >= 4 is 11.6 Å². The summed E-state index contributed by atoms with van der Waals surface area (Å²) in [6, 6.07) is 2.05. The molecule has 0 radical (unpaired) electrons. The summed E-state index contributed by atoms with van der Waals surface area (Å²) in [5.41, 5.74) is 5.32. The molecule has 20 heavy (non-hydrogen) atoms. The third kappa shape index (κ3) is 2.93.